The molecule has 0 aromatic heterocycles. The van der Waals surface area contributed by atoms with Crippen LogP contribution in [0.15, 0.2) is 36.4 Å². The first-order valence-electron chi connectivity index (χ1n) is 4.87. The summed E-state index contributed by atoms with van der Waals surface area (Å²) >= 11 is 0. The third-order valence-electron chi connectivity index (χ3n) is 2.40. The van der Waals surface area contributed by atoms with E-state index in [0.29, 0.717) is 11.1 Å². The van der Waals surface area contributed by atoms with E-state index in [1.54, 1.807) is 12.1 Å². The van der Waals surface area contributed by atoms with Crippen molar-refractivity contribution < 1.29 is 8.78 Å². The highest BCUT2D eigenvalue weighted by atomic mass is 19.1. The highest BCUT2D eigenvalue weighted by Gasteiger charge is 2.09. The SMILES string of the molecule is N#Cc1cc(N)c(-c2cccc(F)c2)cc1F. The van der Waals surface area contributed by atoms with Crippen LogP contribution in [0.3, 0.4) is 0 Å². The summed E-state index contributed by atoms with van der Waals surface area (Å²) in [7, 11) is 0. The lowest BCUT2D eigenvalue weighted by atomic mass is 10.0. The average molecular weight is 230 g/mol. The predicted octanol–water partition coefficient (Wildman–Crippen LogP) is 3.09. The minimum absolute atomic E-state index is 0.123. The highest BCUT2D eigenvalue weighted by molar-refractivity contribution is 5.77. The first-order chi connectivity index (χ1) is 8.11. The standard InChI is InChI=1S/C13H8F2N2/c14-10-3-1-2-8(4-10)11-6-12(15)9(7-16)5-13(11)17/h1-6H,17H2. The van der Waals surface area contributed by atoms with E-state index in [4.69, 9.17) is 11.0 Å². The summed E-state index contributed by atoms with van der Waals surface area (Å²) in [6, 6.07) is 9.78. The zero-order valence-corrected chi connectivity index (χ0v) is 8.74. The van der Waals surface area contributed by atoms with Crippen molar-refractivity contribution in [3.8, 4) is 17.2 Å². The van der Waals surface area contributed by atoms with Crippen molar-refractivity contribution in [1.82, 2.24) is 0 Å². The van der Waals surface area contributed by atoms with Crippen molar-refractivity contribution in [2.45, 2.75) is 0 Å². The first-order valence-corrected chi connectivity index (χ1v) is 4.87. The van der Waals surface area contributed by atoms with E-state index in [2.05, 4.69) is 0 Å². The number of halogens is 2. The fourth-order valence-corrected chi connectivity index (χ4v) is 1.58. The fourth-order valence-electron chi connectivity index (χ4n) is 1.58. The van der Waals surface area contributed by atoms with Crippen molar-refractivity contribution in [2.75, 3.05) is 5.73 Å². The van der Waals surface area contributed by atoms with Crippen LogP contribution in [-0.2, 0) is 0 Å². The second-order valence-electron chi connectivity index (χ2n) is 3.54. The number of hydrogen-bond acceptors (Lipinski definition) is 2. The maximum Gasteiger partial charge on any atom is 0.141 e. The molecule has 0 heterocycles. The van der Waals surface area contributed by atoms with Crippen LogP contribution in [0, 0.1) is 23.0 Å². The number of anilines is 1. The molecule has 2 rings (SSSR count). The molecule has 0 atom stereocenters. The van der Waals surface area contributed by atoms with E-state index in [-0.39, 0.29) is 11.3 Å². The van der Waals surface area contributed by atoms with E-state index in [1.165, 1.54) is 24.3 Å². The van der Waals surface area contributed by atoms with Crippen LogP contribution >= 0.6 is 0 Å². The topological polar surface area (TPSA) is 49.8 Å². The predicted molar refractivity (Wildman–Crippen MR) is 60.9 cm³/mol. The Hall–Kier alpha value is -2.41. The maximum atomic E-state index is 13.4. The van der Waals surface area contributed by atoms with Crippen molar-refractivity contribution >= 4 is 5.69 Å². The summed E-state index contributed by atoms with van der Waals surface area (Å²) in [4.78, 5) is 0. The molecular formula is C13H8F2N2. The van der Waals surface area contributed by atoms with Crippen molar-refractivity contribution in [3.63, 3.8) is 0 Å². The maximum absolute atomic E-state index is 13.4. The van der Waals surface area contributed by atoms with Gasteiger partial charge in [-0.05, 0) is 29.8 Å². The average Bonchev–Trinajstić information content (AvgIpc) is 2.31. The Morgan fingerprint density at radius 3 is 2.53 bits per heavy atom. The molecule has 2 aromatic carbocycles. The summed E-state index contributed by atoms with van der Waals surface area (Å²) in [5, 5.41) is 8.64. The van der Waals surface area contributed by atoms with Gasteiger partial charge in [-0.3, -0.25) is 0 Å². The molecule has 17 heavy (non-hydrogen) atoms. The van der Waals surface area contributed by atoms with Crippen LogP contribution in [0.4, 0.5) is 14.5 Å². The molecule has 84 valence electrons. The Labute approximate surface area is 96.9 Å². The molecule has 0 aliphatic heterocycles. The van der Waals surface area contributed by atoms with Gasteiger partial charge in [0.15, 0.2) is 0 Å². The van der Waals surface area contributed by atoms with Gasteiger partial charge in [0.2, 0.25) is 0 Å². The van der Waals surface area contributed by atoms with Crippen molar-refractivity contribution in [1.29, 1.82) is 5.26 Å². The lowest BCUT2D eigenvalue weighted by Crippen LogP contribution is -1.94. The minimum Gasteiger partial charge on any atom is -0.398 e. The van der Waals surface area contributed by atoms with Crippen LogP contribution in [0.5, 0.6) is 0 Å². The highest BCUT2D eigenvalue weighted by Crippen LogP contribution is 2.28. The largest absolute Gasteiger partial charge is 0.398 e. The molecule has 0 amide bonds. The molecular weight excluding hydrogens is 222 g/mol. The smallest absolute Gasteiger partial charge is 0.141 e. The lowest BCUT2D eigenvalue weighted by molar-refractivity contribution is 0.623. The molecule has 2 N–H and O–H groups in total. The molecule has 0 aliphatic carbocycles. The molecule has 0 spiro atoms. The Bertz CT molecular complexity index is 615. The number of nitriles is 1. The zero-order chi connectivity index (χ0) is 12.4. The lowest BCUT2D eigenvalue weighted by Gasteiger charge is -2.07. The Kier molecular flexibility index (Phi) is 2.75. The molecule has 2 nitrogen and oxygen atoms in total. The van der Waals surface area contributed by atoms with E-state index in [0.717, 1.165) is 6.07 Å². The Morgan fingerprint density at radius 1 is 1.12 bits per heavy atom. The van der Waals surface area contributed by atoms with Gasteiger partial charge in [0.1, 0.15) is 17.7 Å². The second-order valence-corrected chi connectivity index (χ2v) is 3.54. The summed E-state index contributed by atoms with van der Waals surface area (Å²) in [6.07, 6.45) is 0. The van der Waals surface area contributed by atoms with Gasteiger partial charge < -0.3 is 5.73 Å². The van der Waals surface area contributed by atoms with Crippen LogP contribution in [0.1, 0.15) is 5.56 Å². The van der Waals surface area contributed by atoms with Crippen LogP contribution in [0.25, 0.3) is 11.1 Å². The Morgan fingerprint density at radius 2 is 1.88 bits per heavy atom. The quantitative estimate of drug-likeness (QED) is 0.765. The number of benzene rings is 2. The van der Waals surface area contributed by atoms with Crippen LogP contribution < -0.4 is 5.73 Å². The van der Waals surface area contributed by atoms with Gasteiger partial charge in [-0.2, -0.15) is 5.26 Å². The molecule has 2 aromatic rings. The third kappa shape index (κ3) is 2.08. The number of nitrogens with zero attached hydrogens (tertiary/aromatic N) is 1. The van der Waals surface area contributed by atoms with Gasteiger partial charge in [-0.15, -0.1) is 0 Å². The van der Waals surface area contributed by atoms with E-state index in [9.17, 15) is 8.78 Å². The first kappa shape index (κ1) is 11.1. The fraction of sp³-hybridized carbons (Fsp3) is 0. The van der Waals surface area contributed by atoms with Crippen LogP contribution in [-0.4, -0.2) is 0 Å². The summed E-state index contributed by atoms with van der Waals surface area (Å²) in [6.45, 7) is 0. The molecule has 0 unspecified atom stereocenters. The number of hydrogen-bond donors (Lipinski definition) is 1. The van der Waals surface area contributed by atoms with Gasteiger partial charge >= 0.3 is 0 Å². The number of nitrogen functional groups attached to an aromatic ring is 1. The van der Waals surface area contributed by atoms with Gasteiger partial charge in [0.05, 0.1) is 5.56 Å². The molecule has 0 aliphatic rings. The second kappa shape index (κ2) is 4.22. The molecule has 0 saturated heterocycles. The zero-order valence-electron chi connectivity index (χ0n) is 8.74. The molecule has 0 radical (unpaired) electrons. The van der Waals surface area contributed by atoms with Crippen LogP contribution in [0.2, 0.25) is 0 Å². The monoisotopic (exact) mass is 230 g/mol. The number of nitrogens with two attached hydrogens (primary N) is 1. The molecule has 0 fully saturated rings. The third-order valence-corrected chi connectivity index (χ3v) is 2.40. The Balaban J connectivity index is 2.61. The van der Waals surface area contributed by atoms with Crippen molar-refractivity contribution in [2.24, 2.45) is 0 Å². The summed E-state index contributed by atoms with van der Waals surface area (Å²) in [5.41, 5.74) is 6.68. The summed E-state index contributed by atoms with van der Waals surface area (Å²) in [5.74, 6) is -1.09. The van der Waals surface area contributed by atoms with E-state index in [1.807, 2.05) is 0 Å². The van der Waals surface area contributed by atoms with Gasteiger partial charge in [0, 0.05) is 11.3 Å². The molecule has 0 saturated carbocycles. The summed E-state index contributed by atoms with van der Waals surface area (Å²) < 4.78 is 26.5. The van der Waals surface area contributed by atoms with Gasteiger partial charge in [-0.1, -0.05) is 12.1 Å². The van der Waals surface area contributed by atoms with Gasteiger partial charge in [-0.25, -0.2) is 8.78 Å². The van der Waals surface area contributed by atoms with Crippen molar-refractivity contribution in [3.05, 3.63) is 53.6 Å². The van der Waals surface area contributed by atoms with E-state index >= 15 is 0 Å². The van der Waals surface area contributed by atoms with E-state index < -0.39 is 11.6 Å². The number of rotatable bonds is 1. The molecule has 4 heteroatoms. The minimum atomic E-state index is -0.666. The van der Waals surface area contributed by atoms with Gasteiger partial charge in [0.25, 0.3) is 0 Å². The normalized spacial score (nSPS) is 9.94. The molecule has 0 bridgehead atoms.